The first-order chi connectivity index (χ1) is 2.56. The Labute approximate surface area is 65.8 Å². The molecule has 0 aliphatic carbocycles. The molecule has 0 aliphatic heterocycles. The van der Waals surface area contributed by atoms with Crippen molar-refractivity contribution in [2.24, 2.45) is 0 Å². The van der Waals surface area contributed by atoms with Crippen molar-refractivity contribution >= 4 is 0 Å². The molecule has 0 radical (unpaired) electrons. The monoisotopic (exact) mass is 225 g/mol. The van der Waals surface area contributed by atoms with Crippen LogP contribution in [0, 0.1) is 38.9 Å². The first-order valence-corrected chi connectivity index (χ1v) is 2.94. The fourth-order valence-corrected chi connectivity index (χ4v) is 0. The third-order valence-corrected chi connectivity index (χ3v) is 1.85. The summed E-state index contributed by atoms with van der Waals surface area (Å²) in [4.78, 5) is 0. The van der Waals surface area contributed by atoms with E-state index in [-0.39, 0.29) is 5.60 Å². The van der Waals surface area contributed by atoms with E-state index in [2.05, 4.69) is 0 Å². The Balaban J connectivity index is 3.17. The molecule has 1 nitrogen and oxygen atoms in total. The van der Waals surface area contributed by atoms with Crippen LogP contribution < -0.4 is 0 Å². The Hall–Kier alpha value is 1.30. The molecule has 0 aromatic carbocycles. The van der Waals surface area contributed by atoms with Crippen LogP contribution in [0.2, 0.25) is 0 Å². The summed E-state index contributed by atoms with van der Waals surface area (Å²) in [5, 5.41) is 0. The molecular weight excluding hydrogens is 214 g/mol. The van der Waals surface area contributed by atoms with Crippen molar-refractivity contribution in [3.05, 3.63) is 0 Å². The Bertz CT molecular complexity index is 37.3. The minimum atomic E-state index is 0.0787. The zero-order chi connectivity index (χ0) is 5.21. The van der Waals surface area contributed by atoms with Crippen molar-refractivity contribution in [2.75, 3.05) is 0 Å². The molecular formula is C4H9OSm. The molecule has 37 valence electrons. The SMILES string of the molecule is CC(C)(C)[O][Sm]. The van der Waals surface area contributed by atoms with E-state index in [0.717, 1.165) is 0 Å². The Morgan fingerprint density at radius 2 is 1.50 bits per heavy atom. The average molecular weight is 223 g/mol. The molecule has 0 heterocycles. The van der Waals surface area contributed by atoms with Crippen molar-refractivity contribution in [1.29, 1.82) is 0 Å². The third-order valence-electron chi connectivity index (χ3n) is 0.250. The van der Waals surface area contributed by atoms with Crippen LogP contribution in [0.5, 0.6) is 0 Å². The van der Waals surface area contributed by atoms with E-state index in [0.29, 0.717) is 0 Å². The first-order valence-electron chi connectivity index (χ1n) is 1.87. The van der Waals surface area contributed by atoms with Crippen LogP contribution in [0.1, 0.15) is 20.8 Å². The molecule has 0 aliphatic rings. The van der Waals surface area contributed by atoms with Crippen LogP contribution in [0.4, 0.5) is 0 Å². The second kappa shape index (κ2) is 2.57. The van der Waals surface area contributed by atoms with Crippen LogP contribution >= 0.6 is 0 Å². The second-order valence-electron chi connectivity index (χ2n) is 2.20. The molecule has 0 aromatic rings. The van der Waals surface area contributed by atoms with E-state index in [1.165, 1.54) is 38.9 Å². The Morgan fingerprint density at radius 1 is 1.33 bits per heavy atom. The van der Waals surface area contributed by atoms with E-state index in [9.17, 15) is 0 Å². The van der Waals surface area contributed by atoms with E-state index >= 15 is 0 Å². The molecule has 0 saturated heterocycles. The number of hydrogen-bond donors (Lipinski definition) is 0. The van der Waals surface area contributed by atoms with Gasteiger partial charge in [0.15, 0.2) is 0 Å². The Morgan fingerprint density at radius 3 is 1.50 bits per heavy atom. The van der Waals surface area contributed by atoms with Crippen LogP contribution in [-0.2, 0) is 1.12 Å². The summed E-state index contributed by atoms with van der Waals surface area (Å²) in [5.74, 6) is 0. The van der Waals surface area contributed by atoms with Crippen molar-refractivity contribution in [3.63, 3.8) is 0 Å². The molecule has 0 amide bonds. The molecule has 0 aromatic heterocycles. The first kappa shape index (κ1) is 7.30. The van der Waals surface area contributed by atoms with E-state index < -0.39 is 0 Å². The second-order valence-corrected chi connectivity index (χ2v) is 2.73. The normalized spacial score (nSPS) is 11.8. The quantitative estimate of drug-likeness (QED) is 0.601. The van der Waals surface area contributed by atoms with E-state index in [1.54, 1.807) is 0 Å². The maximum atomic E-state index is 5.02. The van der Waals surface area contributed by atoms with Gasteiger partial charge in [-0.05, 0) is 0 Å². The van der Waals surface area contributed by atoms with Gasteiger partial charge < -0.3 is 0 Å². The van der Waals surface area contributed by atoms with Crippen molar-refractivity contribution in [3.8, 4) is 0 Å². The van der Waals surface area contributed by atoms with Crippen LogP contribution in [-0.4, -0.2) is 5.60 Å². The van der Waals surface area contributed by atoms with Crippen molar-refractivity contribution < 1.29 is 40.0 Å². The van der Waals surface area contributed by atoms with Gasteiger partial charge in [-0.15, -0.1) is 0 Å². The zero-order valence-corrected chi connectivity index (χ0v) is 6.94. The van der Waals surface area contributed by atoms with Crippen molar-refractivity contribution in [1.82, 2.24) is 0 Å². The Kier molecular flexibility index (Phi) is 3.12. The van der Waals surface area contributed by atoms with Crippen LogP contribution in [0.15, 0.2) is 0 Å². The topological polar surface area (TPSA) is 9.23 Å². The number of rotatable bonds is 0. The predicted octanol–water partition coefficient (Wildman–Crippen LogP) is 1.27. The van der Waals surface area contributed by atoms with Gasteiger partial charge in [-0.3, -0.25) is 0 Å². The molecule has 0 atom stereocenters. The summed E-state index contributed by atoms with van der Waals surface area (Å²) < 4.78 is 5.02. The minimum absolute atomic E-state index is 0.0787. The molecule has 0 unspecified atom stereocenters. The fourth-order valence-electron chi connectivity index (χ4n) is 0. The maximum absolute atomic E-state index is 5.02. The zero-order valence-electron chi connectivity index (χ0n) is 4.32. The van der Waals surface area contributed by atoms with Gasteiger partial charge >= 0.3 is 66.4 Å². The van der Waals surface area contributed by atoms with Gasteiger partial charge in [0.05, 0.1) is 0 Å². The molecule has 0 spiro atoms. The van der Waals surface area contributed by atoms with E-state index in [1.807, 2.05) is 20.8 Å². The van der Waals surface area contributed by atoms with Gasteiger partial charge in [0.25, 0.3) is 0 Å². The van der Waals surface area contributed by atoms with Crippen LogP contribution in [0.3, 0.4) is 0 Å². The molecule has 0 rings (SSSR count). The van der Waals surface area contributed by atoms with Gasteiger partial charge in [-0.25, -0.2) is 0 Å². The van der Waals surface area contributed by atoms with Gasteiger partial charge in [0, 0.05) is 0 Å². The third kappa shape index (κ3) is 5.30. The van der Waals surface area contributed by atoms with Gasteiger partial charge in [-0.1, -0.05) is 0 Å². The van der Waals surface area contributed by atoms with Gasteiger partial charge in [0.2, 0.25) is 0 Å². The molecule has 0 N–H and O–H groups in total. The van der Waals surface area contributed by atoms with Gasteiger partial charge in [-0.2, -0.15) is 0 Å². The molecule has 0 bridgehead atoms. The summed E-state index contributed by atoms with van der Waals surface area (Å²) in [7, 11) is 0. The summed E-state index contributed by atoms with van der Waals surface area (Å²) in [5.41, 5.74) is 0.0787. The van der Waals surface area contributed by atoms with Gasteiger partial charge in [0.1, 0.15) is 0 Å². The van der Waals surface area contributed by atoms with Crippen LogP contribution in [0.25, 0.3) is 0 Å². The summed E-state index contributed by atoms with van der Waals surface area (Å²) in [6.07, 6.45) is 0. The molecule has 6 heavy (non-hydrogen) atoms. The van der Waals surface area contributed by atoms with Crippen molar-refractivity contribution in [2.45, 2.75) is 26.4 Å². The molecule has 0 saturated carbocycles. The number of hydrogen-bond acceptors (Lipinski definition) is 1. The fraction of sp³-hybridized carbons (Fsp3) is 1.00. The summed E-state index contributed by atoms with van der Waals surface area (Å²) >= 11 is 1.19. The molecule has 0 fully saturated rings. The predicted molar refractivity (Wildman–Crippen MR) is 20.8 cm³/mol. The average Bonchev–Trinajstić information content (AvgIpc) is 1.35. The van der Waals surface area contributed by atoms with E-state index in [4.69, 9.17) is 1.12 Å². The standard InChI is InChI=1S/C4H9O.Sm/c1-4(2,3)5;/h1-3H3;/q-1;+1. The summed E-state index contributed by atoms with van der Waals surface area (Å²) in [6.45, 7) is 6.12. The summed E-state index contributed by atoms with van der Waals surface area (Å²) in [6, 6.07) is 0. The molecule has 2 heteroatoms.